The molecule has 0 bridgehead atoms. The van der Waals surface area contributed by atoms with Gasteiger partial charge in [-0.15, -0.1) is 0 Å². The van der Waals surface area contributed by atoms with Crippen LogP contribution in [0.4, 0.5) is 10.1 Å². The number of benzene rings is 3. The summed E-state index contributed by atoms with van der Waals surface area (Å²) in [7, 11) is 0. The fourth-order valence-electron chi connectivity index (χ4n) is 3.88. The van der Waals surface area contributed by atoms with Crippen LogP contribution in [0.3, 0.4) is 0 Å². The van der Waals surface area contributed by atoms with Crippen molar-refractivity contribution in [1.82, 2.24) is 10.2 Å². The van der Waals surface area contributed by atoms with E-state index in [9.17, 15) is 24.1 Å². The van der Waals surface area contributed by atoms with Gasteiger partial charge in [0.1, 0.15) is 11.9 Å². The van der Waals surface area contributed by atoms with E-state index in [1.54, 1.807) is 24.3 Å². The summed E-state index contributed by atoms with van der Waals surface area (Å²) in [5.74, 6) is -1.16. The van der Waals surface area contributed by atoms with E-state index in [-0.39, 0.29) is 42.6 Å². The van der Waals surface area contributed by atoms with Crippen molar-refractivity contribution in [2.24, 2.45) is 0 Å². The molecule has 3 rings (SSSR count). The van der Waals surface area contributed by atoms with Crippen LogP contribution in [0.5, 0.6) is 0 Å². The van der Waals surface area contributed by atoms with E-state index in [1.807, 2.05) is 44.2 Å². The highest BCUT2D eigenvalue weighted by Crippen LogP contribution is 2.22. The molecule has 7 nitrogen and oxygen atoms in total. The third kappa shape index (κ3) is 7.21. The van der Waals surface area contributed by atoms with Gasteiger partial charge in [0.25, 0.3) is 5.69 Å². The molecule has 3 aromatic carbocycles. The van der Waals surface area contributed by atoms with Gasteiger partial charge in [-0.25, -0.2) is 4.39 Å². The quantitative estimate of drug-likeness (QED) is 0.307. The van der Waals surface area contributed by atoms with Gasteiger partial charge in [-0.2, -0.15) is 0 Å². The van der Waals surface area contributed by atoms with Crippen LogP contribution in [0.25, 0.3) is 0 Å². The highest BCUT2D eigenvalue weighted by atomic mass is 19.1. The number of nitro groups is 1. The molecule has 0 spiro atoms. The van der Waals surface area contributed by atoms with E-state index >= 15 is 0 Å². The zero-order valence-electron chi connectivity index (χ0n) is 20.4. The van der Waals surface area contributed by atoms with Crippen molar-refractivity contribution in [3.05, 3.63) is 111 Å². The molecule has 0 aliphatic carbocycles. The minimum Gasteiger partial charge on any atom is -0.352 e. The van der Waals surface area contributed by atoms with E-state index in [0.717, 1.165) is 5.56 Å². The lowest BCUT2D eigenvalue weighted by Gasteiger charge is -2.32. The van der Waals surface area contributed by atoms with Crippen LogP contribution in [0.15, 0.2) is 78.9 Å². The van der Waals surface area contributed by atoms with E-state index in [4.69, 9.17) is 0 Å². The van der Waals surface area contributed by atoms with Crippen LogP contribution in [0.1, 0.15) is 37.0 Å². The molecule has 8 heteroatoms. The number of carbonyl (C=O) groups excluding carboxylic acids is 2. The summed E-state index contributed by atoms with van der Waals surface area (Å²) in [4.78, 5) is 39.6. The standard InChI is InChI=1S/C28H30FN3O4/c1-3-20(2)30-28(34)26(17-21-9-5-4-6-10-21)31(19-22-13-15-24(29)16-14-22)27(33)18-23-11-7-8-12-25(23)32(35)36/h4-16,20,26H,3,17-19H2,1-2H3,(H,30,34)/t20-,26+/m0/s1. The molecule has 0 radical (unpaired) electrons. The smallest absolute Gasteiger partial charge is 0.273 e. The molecule has 0 aliphatic heterocycles. The fourth-order valence-corrected chi connectivity index (χ4v) is 3.88. The predicted molar refractivity (Wildman–Crippen MR) is 136 cm³/mol. The highest BCUT2D eigenvalue weighted by molar-refractivity contribution is 5.89. The molecule has 0 aromatic heterocycles. The highest BCUT2D eigenvalue weighted by Gasteiger charge is 2.32. The Bertz CT molecular complexity index is 1180. The maximum atomic E-state index is 13.7. The molecule has 0 saturated carbocycles. The number of hydrogen-bond acceptors (Lipinski definition) is 4. The van der Waals surface area contributed by atoms with E-state index in [0.29, 0.717) is 12.0 Å². The number of nitrogens with one attached hydrogen (secondary N) is 1. The molecule has 2 amide bonds. The summed E-state index contributed by atoms with van der Waals surface area (Å²) in [5, 5.41) is 14.5. The van der Waals surface area contributed by atoms with E-state index in [1.165, 1.54) is 29.2 Å². The van der Waals surface area contributed by atoms with Gasteiger partial charge in [0.15, 0.2) is 0 Å². The summed E-state index contributed by atoms with van der Waals surface area (Å²) < 4.78 is 13.5. The van der Waals surface area contributed by atoms with Crippen molar-refractivity contribution in [1.29, 1.82) is 0 Å². The molecule has 0 unspecified atom stereocenters. The Kier molecular flexibility index (Phi) is 9.27. The summed E-state index contributed by atoms with van der Waals surface area (Å²) in [6.07, 6.45) is 0.721. The summed E-state index contributed by atoms with van der Waals surface area (Å²) in [6.45, 7) is 3.88. The van der Waals surface area contributed by atoms with Crippen LogP contribution < -0.4 is 5.32 Å². The maximum absolute atomic E-state index is 13.7. The van der Waals surface area contributed by atoms with Crippen molar-refractivity contribution in [2.45, 2.75) is 51.7 Å². The molecule has 188 valence electrons. The molecule has 0 fully saturated rings. The van der Waals surface area contributed by atoms with Gasteiger partial charge in [0.2, 0.25) is 11.8 Å². The van der Waals surface area contributed by atoms with Crippen molar-refractivity contribution >= 4 is 17.5 Å². The van der Waals surface area contributed by atoms with Gasteiger partial charge in [-0.3, -0.25) is 19.7 Å². The third-order valence-corrected chi connectivity index (χ3v) is 6.07. The van der Waals surface area contributed by atoms with Crippen LogP contribution in [-0.4, -0.2) is 33.7 Å². The second-order valence-corrected chi connectivity index (χ2v) is 8.73. The van der Waals surface area contributed by atoms with Crippen molar-refractivity contribution in [3.8, 4) is 0 Å². The largest absolute Gasteiger partial charge is 0.352 e. The molecule has 0 saturated heterocycles. The first kappa shape index (κ1) is 26.5. The average Bonchev–Trinajstić information content (AvgIpc) is 2.87. The second-order valence-electron chi connectivity index (χ2n) is 8.73. The minimum absolute atomic E-state index is 0.0468. The van der Waals surface area contributed by atoms with Gasteiger partial charge in [0.05, 0.1) is 11.3 Å². The SMILES string of the molecule is CC[C@H](C)NC(=O)[C@@H](Cc1ccccc1)N(Cc1ccc(F)cc1)C(=O)Cc1ccccc1[N+](=O)[O-]. The van der Waals surface area contributed by atoms with Gasteiger partial charge in [-0.05, 0) is 36.6 Å². The number of hydrogen-bond donors (Lipinski definition) is 1. The zero-order valence-corrected chi connectivity index (χ0v) is 20.4. The first-order valence-corrected chi connectivity index (χ1v) is 11.9. The fraction of sp³-hybridized carbons (Fsp3) is 0.286. The first-order valence-electron chi connectivity index (χ1n) is 11.9. The molecule has 1 N–H and O–H groups in total. The van der Waals surface area contributed by atoms with Crippen molar-refractivity contribution in [3.63, 3.8) is 0 Å². The Morgan fingerprint density at radius 3 is 2.25 bits per heavy atom. The monoisotopic (exact) mass is 491 g/mol. The molecule has 2 atom stereocenters. The van der Waals surface area contributed by atoms with Crippen LogP contribution >= 0.6 is 0 Å². The number of rotatable bonds is 11. The summed E-state index contributed by atoms with van der Waals surface area (Å²) in [6, 6.07) is 20.2. The number of halogens is 1. The van der Waals surface area contributed by atoms with Crippen LogP contribution in [-0.2, 0) is 29.0 Å². The molecule has 36 heavy (non-hydrogen) atoms. The average molecular weight is 492 g/mol. The first-order chi connectivity index (χ1) is 17.3. The van der Waals surface area contributed by atoms with Crippen LogP contribution in [0.2, 0.25) is 0 Å². The normalized spacial score (nSPS) is 12.4. The van der Waals surface area contributed by atoms with Gasteiger partial charge >= 0.3 is 0 Å². The Hall–Kier alpha value is -4.07. The van der Waals surface area contributed by atoms with E-state index < -0.39 is 22.7 Å². The maximum Gasteiger partial charge on any atom is 0.273 e. The lowest BCUT2D eigenvalue weighted by Crippen LogP contribution is -2.52. The number of para-hydroxylation sites is 1. The Labute approximate surface area is 210 Å². The second kappa shape index (κ2) is 12.6. The van der Waals surface area contributed by atoms with Crippen molar-refractivity contribution < 1.29 is 18.9 Å². The lowest BCUT2D eigenvalue weighted by atomic mass is 10.0. The Morgan fingerprint density at radius 1 is 0.972 bits per heavy atom. The van der Waals surface area contributed by atoms with Gasteiger partial charge < -0.3 is 10.2 Å². The Morgan fingerprint density at radius 2 is 1.61 bits per heavy atom. The third-order valence-electron chi connectivity index (χ3n) is 6.07. The Balaban J connectivity index is 2.01. The molecular formula is C28H30FN3O4. The van der Waals surface area contributed by atoms with E-state index in [2.05, 4.69) is 5.32 Å². The molecule has 3 aromatic rings. The van der Waals surface area contributed by atoms with Gasteiger partial charge in [-0.1, -0.05) is 67.6 Å². The zero-order chi connectivity index (χ0) is 26.1. The minimum atomic E-state index is -0.873. The summed E-state index contributed by atoms with van der Waals surface area (Å²) in [5.41, 5.74) is 1.61. The number of carbonyl (C=O) groups is 2. The number of nitrogens with zero attached hydrogens (tertiary/aromatic N) is 2. The van der Waals surface area contributed by atoms with Gasteiger partial charge in [0, 0.05) is 30.6 Å². The lowest BCUT2D eigenvalue weighted by molar-refractivity contribution is -0.385. The van der Waals surface area contributed by atoms with Crippen molar-refractivity contribution in [2.75, 3.05) is 0 Å². The predicted octanol–water partition coefficient (Wildman–Crippen LogP) is 4.83. The number of nitro benzene ring substituents is 1. The molecular weight excluding hydrogens is 461 g/mol. The topological polar surface area (TPSA) is 92.6 Å². The van der Waals surface area contributed by atoms with Crippen LogP contribution in [0, 0.1) is 15.9 Å². The number of amides is 2. The molecule has 0 aliphatic rings. The summed E-state index contributed by atoms with van der Waals surface area (Å²) >= 11 is 0. The molecule has 0 heterocycles.